The molecule has 25 heavy (non-hydrogen) atoms. The summed E-state index contributed by atoms with van der Waals surface area (Å²) in [6.45, 7) is 5.52. The SMILES string of the molecule is O=C(O)c1cnn2cc(CN3CCC(N4CCSCC4)CC3)cnc12. The van der Waals surface area contributed by atoms with Crippen molar-refractivity contribution in [3.8, 4) is 0 Å². The van der Waals surface area contributed by atoms with E-state index in [1.54, 1.807) is 10.7 Å². The summed E-state index contributed by atoms with van der Waals surface area (Å²) in [6.07, 6.45) is 7.48. The monoisotopic (exact) mass is 361 g/mol. The quantitative estimate of drug-likeness (QED) is 0.883. The topological polar surface area (TPSA) is 74.0 Å². The molecular weight excluding hydrogens is 338 g/mol. The van der Waals surface area contributed by atoms with Gasteiger partial charge in [-0.05, 0) is 25.9 Å². The van der Waals surface area contributed by atoms with Gasteiger partial charge in [-0.1, -0.05) is 0 Å². The minimum Gasteiger partial charge on any atom is -0.477 e. The summed E-state index contributed by atoms with van der Waals surface area (Å²) in [5.74, 6) is 1.55. The summed E-state index contributed by atoms with van der Waals surface area (Å²) >= 11 is 2.07. The van der Waals surface area contributed by atoms with Crippen LogP contribution in [0.2, 0.25) is 0 Å². The zero-order valence-electron chi connectivity index (χ0n) is 14.2. The van der Waals surface area contributed by atoms with E-state index in [9.17, 15) is 4.79 Å². The number of hydrogen-bond donors (Lipinski definition) is 1. The van der Waals surface area contributed by atoms with Gasteiger partial charge in [-0.3, -0.25) is 9.80 Å². The van der Waals surface area contributed by atoms with E-state index in [0.29, 0.717) is 5.65 Å². The highest BCUT2D eigenvalue weighted by Crippen LogP contribution is 2.21. The Morgan fingerprint density at radius 2 is 1.96 bits per heavy atom. The molecule has 2 fully saturated rings. The fourth-order valence-electron chi connectivity index (χ4n) is 3.79. The number of carbonyl (C=O) groups is 1. The Morgan fingerprint density at radius 1 is 1.20 bits per heavy atom. The molecule has 134 valence electrons. The number of hydrogen-bond acceptors (Lipinski definition) is 6. The number of aromatic carboxylic acids is 1. The van der Waals surface area contributed by atoms with Crippen LogP contribution in [0, 0.1) is 0 Å². The molecule has 0 aliphatic carbocycles. The molecule has 0 amide bonds. The van der Waals surface area contributed by atoms with Gasteiger partial charge >= 0.3 is 5.97 Å². The van der Waals surface area contributed by atoms with Crippen LogP contribution in [0.5, 0.6) is 0 Å². The maximum atomic E-state index is 11.1. The van der Waals surface area contributed by atoms with Crippen molar-refractivity contribution >= 4 is 23.4 Å². The number of fused-ring (bicyclic) bond motifs is 1. The lowest BCUT2D eigenvalue weighted by Gasteiger charge is -2.40. The molecule has 2 aromatic heterocycles. The molecule has 0 saturated carbocycles. The van der Waals surface area contributed by atoms with Gasteiger partial charge in [0.2, 0.25) is 0 Å². The van der Waals surface area contributed by atoms with Gasteiger partial charge in [-0.2, -0.15) is 16.9 Å². The van der Waals surface area contributed by atoms with Crippen molar-refractivity contribution < 1.29 is 9.90 Å². The van der Waals surface area contributed by atoms with Gasteiger partial charge in [0, 0.05) is 55.1 Å². The summed E-state index contributed by atoms with van der Waals surface area (Å²) < 4.78 is 1.57. The summed E-state index contributed by atoms with van der Waals surface area (Å²) in [7, 11) is 0. The maximum absolute atomic E-state index is 11.1. The first kappa shape index (κ1) is 16.8. The van der Waals surface area contributed by atoms with E-state index in [2.05, 4.69) is 31.6 Å². The smallest absolute Gasteiger partial charge is 0.341 e. The number of carboxylic acid groups (broad SMARTS) is 1. The Bertz CT molecular complexity index is 751. The number of piperidine rings is 1. The fraction of sp³-hybridized carbons (Fsp3) is 0.588. The van der Waals surface area contributed by atoms with Gasteiger partial charge in [-0.25, -0.2) is 14.3 Å². The van der Waals surface area contributed by atoms with Crippen molar-refractivity contribution in [2.24, 2.45) is 0 Å². The Kier molecular flexibility index (Phi) is 4.91. The van der Waals surface area contributed by atoms with Crippen molar-refractivity contribution in [2.45, 2.75) is 25.4 Å². The molecule has 7 nitrogen and oxygen atoms in total. The first-order valence-corrected chi connectivity index (χ1v) is 9.96. The Hall–Kier alpha value is -1.64. The first-order valence-electron chi connectivity index (χ1n) is 8.80. The van der Waals surface area contributed by atoms with Crippen LogP contribution in [0.15, 0.2) is 18.6 Å². The van der Waals surface area contributed by atoms with Crippen LogP contribution in [-0.2, 0) is 6.54 Å². The minimum atomic E-state index is -0.992. The lowest BCUT2D eigenvalue weighted by molar-refractivity contribution is 0.0698. The normalized spacial score (nSPS) is 21.0. The van der Waals surface area contributed by atoms with Crippen molar-refractivity contribution in [1.29, 1.82) is 0 Å². The Labute approximate surface area is 151 Å². The molecule has 0 radical (unpaired) electrons. The molecule has 8 heteroatoms. The highest BCUT2D eigenvalue weighted by Gasteiger charge is 2.25. The fourth-order valence-corrected chi connectivity index (χ4v) is 4.72. The number of likely N-dealkylation sites (tertiary alicyclic amines) is 1. The van der Waals surface area contributed by atoms with Crippen LogP contribution in [0.25, 0.3) is 5.65 Å². The van der Waals surface area contributed by atoms with E-state index in [0.717, 1.165) is 31.2 Å². The van der Waals surface area contributed by atoms with Crippen molar-refractivity contribution in [3.05, 3.63) is 29.7 Å². The summed E-state index contributed by atoms with van der Waals surface area (Å²) in [5, 5.41) is 13.2. The van der Waals surface area contributed by atoms with E-state index in [-0.39, 0.29) is 5.56 Å². The zero-order chi connectivity index (χ0) is 17.2. The molecule has 2 saturated heterocycles. The Morgan fingerprint density at radius 3 is 2.68 bits per heavy atom. The van der Waals surface area contributed by atoms with E-state index in [1.807, 2.05) is 6.20 Å². The van der Waals surface area contributed by atoms with Gasteiger partial charge in [0.25, 0.3) is 0 Å². The van der Waals surface area contributed by atoms with Gasteiger partial charge in [-0.15, -0.1) is 0 Å². The average molecular weight is 361 g/mol. The molecule has 4 rings (SSSR count). The zero-order valence-corrected chi connectivity index (χ0v) is 15.0. The number of rotatable bonds is 4. The van der Waals surface area contributed by atoms with Crippen molar-refractivity contribution in [2.75, 3.05) is 37.7 Å². The number of carboxylic acids is 1. The second-order valence-electron chi connectivity index (χ2n) is 6.75. The molecule has 0 unspecified atom stereocenters. The van der Waals surface area contributed by atoms with Crippen LogP contribution in [0.1, 0.15) is 28.8 Å². The first-order chi connectivity index (χ1) is 12.2. The maximum Gasteiger partial charge on any atom is 0.341 e. The lowest BCUT2D eigenvalue weighted by atomic mass is 10.0. The van der Waals surface area contributed by atoms with Crippen LogP contribution >= 0.6 is 11.8 Å². The van der Waals surface area contributed by atoms with Crippen molar-refractivity contribution in [3.63, 3.8) is 0 Å². The summed E-state index contributed by atoms with van der Waals surface area (Å²) in [4.78, 5) is 20.6. The van der Waals surface area contributed by atoms with Crippen LogP contribution in [0.4, 0.5) is 0 Å². The van der Waals surface area contributed by atoms with E-state index < -0.39 is 5.97 Å². The molecule has 2 aliphatic heterocycles. The van der Waals surface area contributed by atoms with Gasteiger partial charge in [0.05, 0.1) is 6.20 Å². The molecule has 2 aliphatic rings. The lowest BCUT2D eigenvalue weighted by Crippen LogP contribution is -2.47. The number of thioether (sulfide) groups is 1. The largest absolute Gasteiger partial charge is 0.477 e. The van der Waals surface area contributed by atoms with Gasteiger partial charge < -0.3 is 5.11 Å². The van der Waals surface area contributed by atoms with E-state index in [4.69, 9.17) is 5.11 Å². The Balaban J connectivity index is 1.36. The highest BCUT2D eigenvalue weighted by atomic mass is 32.2. The van der Waals surface area contributed by atoms with Crippen LogP contribution in [-0.4, -0.2) is 79.2 Å². The van der Waals surface area contributed by atoms with E-state index in [1.165, 1.54) is 43.6 Å². The average Bonchev–Trinajstić information content (AvgIpc) is 3.07. The highest BCUT2D eigenvalue weighted by molar-refractivity contribution is 7.99. The summed E-state index contributed by atoms with van der Waals surface area (Å²) in [5.41, 5.74) is 1.62. The second kappa shape index (κ2) is 7.31. The predicted octanol–water partition coefficient (Wildman–Crippen LogP) is 1.44. The molecule has 4 heterocycles. The molecule has 1 N–H and O–H groups in total. The second-order valence-corrected chi connectivity index (χ2v) is 7.97. The standard InChI is InChI=1S/C17H23N5O2S/c23-17(24)15-10-19-22-12-13(9-18-16(15)22)11-20-3-1-14(2-4-20)21-5-7-25-8-6-21/h9-10,12,14H,1-8,11H2,(H,23,24). The molecular formula is C17H23N5O2S. The molecule has 0 spiro atoms. The molecule has 0 bridgehead atoms. The van der Waals surface area contributed by atoms with Gasteiger partial charge in [0.1, 0.15) is 5.56 Å². The minimum absolute atomic E-state index is 0.145. The summed E-state index contributed by atoms with van der Waals surface area (Å²) in [6, 6.07) is 0.738. The predicted molar refractivity (Wildman–Crippen MR) is 97.1 cm³/mol. The van der Waals surface area contributed by atoms with Crippen LogP contribution < -0.4 is 0 Å². The number of nitrogens with zero attached hydrogens (tertiary/aromatic N) is 5. The van der Waals surface area contributed by atoms with E-state index >= 15 is 0 Å². The number of aromatic nitrogens is 3. The van der Waals surface area contributed by atoms with Crippen LogP contribution in [0.3, 0.4) is 0 Å². The molecule has 0 aromatic carbocycles. The third-order valence-corrected chi connectivity index (χ3v) is 6.11. The third-order valence-electron chi connectivity index (χ3n) is 5.17. The third kappa shape index (κ3) is 3.65. The van der Waals surface area contributed by atoms with Gasteiger partial charge in [0.15, 0.2) is 5.65 Å². The molecule has 2 aromatic rings. The molecule has 0 atom stereocenters. The van der Waals surface area contributed by atoms with Crippen molar-refractivity contribution in [1.82, 2.24) is 24.4 Å².